The monoisotopic (exact) mass is 345 g/mol. The van der Waals surface area contributed by atoms with Crippen LogP contribution in [0.2, 0.25) is 0 Å². The van der Waals surface area contributed by atoms with E-state index in [1.807, 2.05) is 25.1 Å². The molecule has 2 saturated heterocycles. The first-order chi connectivity index (χ1) is 12.1. The van der Waals surface area contributed by atoms with E-state index >= 15 is 0 Å². The number of carbonyl (C=O) groups is 1. The summed E-state index contributed by atoms with van der Waals surface area (Å²) in [5, 5.41) is 3.24. The summed E-state index contributed by atoms with van der Waals surface area (Å²) in [6.07, 6.45) is 4.71. The molecule has 1 aromatic rings. The van der Waals surface area contributed by atoms with Gasteiger partial charge in [-0.05, 0) is 77.0 Å². The minimum Gasteiger partial charge on any atom is -0.496 e. The highest BCUT2D eigenvalue weighted by Crippen LogP contribution is 2.22. The smallest absolute Gasteiger partial charge is 0.251 e. The van der Waals surface area contributed by atoms with Crippen molar-refractivity contribution in [2.24, 2.45) is 0 Å². The van der Waals surface area contributed by atoms with Gasteiger partial charge in [0.25, 0.3) is 5.91 Å². The van der Waals surface area contributed by atoms with Gasteiger partial charge in [-0.3, -0.25) is 9.69 Å². The molecular weight excluding hydrogens is 314 g/mol. The summed E-state index contributed by atoms with van der Waals surface area (Å²) < 4.78 is 5.34. The van der Waals surface area contributed by atoms with Crippen LogP contribution in [0.25, 0.3) is 0 Å². The van der Waals surface area contributed by atoms with Crippen molar-refractivity contribution >= 4 is 5.91 Å². The van der Waals surface area contributed by atoms with Gasteiger partial charge in [0.15, 0.2) is 0 Å². The van der Waals surface area contributed by atoms with Crippen LogP contribution in [0.4, 0.5) is 0 Å². The van der Waals surface area contributed by atoms with Crippen LogP contribution in [-0.4, -0.2) is 68.1 Å². The molecule has 2 fully saturated rings. The van der Waals surface area contributed by atoms with Crippen molar-refractivity contribution in [1.82, 2.24) is 15.1 Å². The Labute approximate surface area is 151 Å². The van der Waals surface area contributed by atoms with Crippen molar-refractivity contribution in [3.63, 3.8) is 0 Å². The number of rotatable bonds is 4. The second kappa shape index (κ2) is 8.19. The van der Waals surface area contributed by atoms with Crippen LogP contribution in [-0.2, 0) is 0 Å². The third kappa shape index (κ3) is 4.53. The van der Waals surface area contributed by atoms with E-state index in [1.165, 1.54) is 32.5 Å². The van der Waals surface area contributed by atoms with Gasteiger partial charge in [0, 0.05) is 24.2 Å². The first kappa shape index (κ1) is 18.2. The van der Waals surface area contributed by atoms with Crippen LogP contribution in [0.5, 0.6) is 5.75 Å². The number of benzene rings is 1. The largest absolute Gasteiger partial charge is 0.496 e. The minimum absolute atomic E-state index is 0.00790. The number of nitrogens with one attached hydrogen (secondary N) is 1. The fourth-order valence-electron chi connectivity index (χ4n) is 4.05. The standard InChI is InChI=1S/C20H31N3O2/c1-15-6-7-16(13-19(15)25-3)20(24)21-17-5-4-10-23(14-17)18-8-11-22(2)12-9-18/h6-7,13,17-18H,4-5,8-12,14H2,1-3H3,(H,21,24). The van der Waals surface area contributed by atoms with Crippen molar-refractivity contribution in [3.05, 3.63) is 29.3 Å². The van der Waals surface area contributed by atoms with E-state index in [9.17, 15) is 4.79 Å². The fourth-order valence-corrected chi connectivity index (χ4v) is 4.05. The molecule has 0 bridgehead atoms. The quantitative estimate of drug-likeness (QED) is 0.909. The Balaban J connectivity index is 1.58. The second-order valence-electron chi connectivity index (χ2n) is 7.53. The van der Waals surface area contributed by atoms with Crippen molar-refractivity contribution in [1.29, 1.82) is 0 Å². The van der Waals surface area contributed by atoms with Gasteiger partial charge in [-0.15, -0.1) is 0 Å². The fraction of sp³-hybridized carbons (Fsp3) is 0.650. The molecule has 1 amide bonds. The molecule has 1 unspecified atom stereocenters. The van der Waals surface area contributed by atoms with Crippen LogP contribution in [0, 0.1) is 6.92 Å². The van der Waals surface area contributed by atoms with Crippen molar-refractivity contribution in [2.75, 3.05) is 40.3 Å². The first-order valence-corrected chi connectivity index (χ1v) is 9.45. The zero-order valence-corrected chi connectivity index (χ0v) is 15.8. The first-order valence-electron chi connectivity index (χ1n) is 9.45. The van der Waals surface area contributed by atoms with E-state index in [2.05, 4.69) is 22.2 Å². The van der Waals surface area contributed by atoms with Crippen LogP contribution in [0.3, 0.4) is 0 Å². The summed E-state index contributed by atoms with van der Waals surface area (Å²) in [5.74, 6) is 0.776. The topological polar surface area (TPSA) is 44.8 Å². The number of nitrogens with zero attached hydrogens (tertiary/aromatic N) is 2. The molecule has 1 N–H and O–H groups in total. The Hall–Kier alpha value is -1.59. The maximum absolute atomic E-state index is 12.6. The number of ether oxygens (including phenoxy) is 1. The maximum atomic E-state index is 12.6. The van der Waals surface area contributed by atoms with Gasteiger partial charge in [-0.2, -0.15) is 0 Å². The van der Waals surface area contributed by atoms with Crippen molar-refractivity contribution < 1.29 is 9.53 Å². The average molecular weight is 345 g/mol. The molecule has 138 valence electrons. The predicted molar refractivity (Wildman–Crippen MR) is 100 cm³/mol. The maximum Gasteiger partial charge on any atom is 0.251 e. The number of likely N-dealkylation sites (tertiary alicyclic amines) is 2. The summed E-state index contributed by atoms with van der Waals surface area (Å²) >= 11 is 0. The molecule has 5 heteroatoms. The molecule has 2 aliphatic rings. The molecule has 3 rings (SSSR count). The lowest BCUT2D eigenvalue weighted by Crippen LogP contribution is -2.53. The van der Waals surface area contributed by atoms with E-state index in [1.54, 1.807) is 7.11 Å². The SMILES string of the molecule is COc1cc(C(=O)NC2CCCN(C3CCN(C)CC3)C2)ccc1C. The third-order valence-electron chi connectivity index (χ3n) is 5.66. The Morgan fingerprint density at radius 2 is 1.96 bits per heavy atom. The molecule has 5 nitrogen and oxygen atoms in total. The zero-order chi connectivity index (χ0) is 17.8. The third-order valence-corrected chi connectivity index (χ3v) is 5.66. The van der Waals surface area contributed by atoms with E-state index in [4.69, 9.17) is 4.74 Å². The molecule has 2 aliphatic heterocycles. The van der Waals surface area contributed by atoms with Gasteiger partial charge in [0.1, 0.15) is 5.75 Å². The van der Waals surface area contributed by atoms with Gasteiger partial charge < -0.3 is 15.0 Å². The van der Waals surface area contributed by atoms with Crippen LogP contribution in [0.15, 0.2) is 18.2 Å². The number of piperidine rings is 2. The van der Waals surface area contributed by atoms with E-state index in [-0.39, 0.29) is 11.9 Å². The Morgan fingerprint density at radius 1 is 1.20 bits per heavy atom. The second-order valence-corrected chi connectivity index (χ2v) is 7.53. The minimum atomic E-state index is 0.00790. The highest BCUT2D eigenvalue weighted by atomic mass is 16.5. The molecule has 0 aliphatic carbocycles. The van der Waals surface area contributed by atoms with Gasteiger partial charge >= 0.3 is 0 Å². The molecular formula is C20H31N3O2. The number of hydrogen-bond donors (Lipinski definition) is 1. The summed E-state index contributed by atoms with van der Waals surface area (Å²) in [6.45, 7) is 6.49. The Bertz CT molecular complexity index is 597. The highest BCUT2D eigenvalue weighted by molar-refractivity contribution is 5.94. The predicted octanol–water partition coefficient (Wildman–Crippen LogP) is 2.29. The zero-order valence-electron chi connectivity index (χ0n) is 15.8. The van der Waals surface area contributed by atoms with Gasteiger partial charge in [0.05, 0.1) is 7.11 Å². The normalized spacial score (nSPS) is 23.4. The van der Waals surface area contributed by atoms with Gasteiger partial charge in [0.2, 0.25) is 0 Å². The molecule has 0 aromatic heterocycles. The average Bonchev–Trinajstić information content (AvgIpc) is 2.63. The molecule has 1 atom stereocenters. The van der Waals surface area contributed by atoms with E-state index < -0.39 is 0 Å². The summed E-state index contributed by atoms with van der Waals surface area (Å²) in [4.78, 5) is 17.6. The molecule has 0 spiro atoms. The molecule has 25 heavy (non-hydrogen) atoms. The molecule has 1 aromatic carbocycles. The lowest BCUT2D eigenvalue weighted by Gasteiger charge is -2.41. The summed E-state index contributed by atoms with van der Waals surface area (Å²) in [7, 11) is 3.84. The van der Waals surface area contributed by atoms with Crippen molar-refractivity contribution in [3.8, 4) is 5.75 Å². The Morgan fingerprint density at radius 3 is 2.68 bits per heavy atom. The van der Waals surface area contributed by atoms with Gasteiger partial charge in [-0.25, -0.2) is 0 Å². The number of amides is 1. The summed E-state index contributed by atoms with van der Waals surface area (Å²) in [6, 6.07) is 6.58. The van der Waals surface area contributed by atoms with Crippen molar-refractivity contribution in [2.45, 2.75) is 44.7 Å². The number of aryl methyl sites for hydroxylation is 1. The van der Waals surface area contributed by atoms with E-state index in [0.717, 1.165) is 30.7 Å². The summed E-state index contributed by atoms with van der Waals surface area (Å²) in [5.41, 5.74) is 1.73. The molecule has 0 radical (unpaired) electrons. The highest BCUT2D eigenvalue weighted by Gasteiger charge is 2.28. The Kier molecular flexibility index (Phi) is 5.97. The number of methoxy groups -OCH3 is 1. The molecule has 2 heterocycles. The lowest BCUT2D eigenvalue weighted by atomic mass is 9.98. The van der Waals surface area contributed by atoms with E-state index in [0.29, 0.717) is 11.6 Å². The van der Waals surface area contributed by atoms with Crippen LogP contribution < -0.4 is 10.1 Å². The lowest BCUT2D eigenvalue weighted by molar-refractivity contribution is 0.0766. The van der Waals surface area contributed by atoms with Crippen LogP contribution in [0.1, 0.15) is 41.6 Å². The van der Waals surface area contributed by atoms with Crippen LogP contribution >= 0.6 is 0 Å². The van der Waals surface area contributed by atoms with Gasteiger partial charge in [-0.1, -0.05) is 6.07 Å². The molecule has 0 saturated carbocycles. The number of hydrogen-bond acceptors (Lipinski definition) is 4. The number of carbonyl (C=O) groups excluding carboxylic acids is 1.